The molecule has 2 fully saturated rings. The smallest absolute Gasteiger partial charge is 0.243 e. The van der Waals surface area contributed by atoms with Gasteiger partial charge in [-0.05, 0) is 37.1 Å². The van der Waals surface area contributed by atoms with E-state index in [1.54, 1.807) is 22.6 Å². The van der Waals surface area contributed by atoms with E-state index in [9.17, 15) is 8.42 Å². The van der Waals surface area contributed by atoms with Crippen LogP contribution in [0.5, 0.6) is 0 Å². The fourth-order valence-corrected chi connectivity index (χ4v) is 5.44. The molecular formula is C18H21N3O2S. The normalized spacial score (nSPS) is 24.5. The van der Waals surface area contributed by atoms with Crippen molar-refractivity contribution in [2.24, 2.45) is 0 Å². The number of fused-ring (bicyclic) bond motifs is 2. The maximum atomic E-state index is 12.9. The van der Waals surface area contributed by atoms with Gasteiger partial charge in [0.1, 0.15) is 0 Å². The molecule has 2 aromatic rings. The lowest BCUT2D eigenvalue weighted by Gasteiger charge is -2.33. The molecule has 2 aliphatic rings. The van der Waals surface area contributed by atoms with Crippen LogP contribution in [0.25, 0.3) is 0 Å². The maximum Gasteiger partial charge on any atom is 0.243 e. The number of benzene rings is 1. The molecule has 0 spiro atoms. The zero-order chi connectivity index (χ0) is 16.7. The standard InChI is InChI=1S/C18H21N3O2S/c1-14-4-6-18(7-5-14)24(22,23)21-13-16-9-17(21)12-20(16)11-15-3-2-8-19-10-15/h2-8,10,16-17H,9,11-13H2,1H3/t16-,17-/m1/s1. The molecule has 0 radical (unpaired) electrons. The topological polar surface area (TPSA) is 53.5 Å². The van der Waals surface area contributed by atoms with Crippen LogP contribution < -0.4 is 0 Å². The second-order valence-electron chi connectivity index (χ2n) is 6.72. The number of piperazine rings is 1. The Kier molecular flexibility index (Phi) is 3.90. The van der Waals surface area contributed by atoms with Gasteiger partial charge < -0.3 is 0 Å². The van der Waals surface area contributed by atoms with Crippen LogP contribution in [0.2, 0.25) is 0 Å². The van der Waals surface area contributed by atoms with E-state index in [1.165, 1.54) is 5.56 Å². The predicted molar refractivity (Wildman–Crippen MR) is 91.9 cm³/mol. The van der Waals surface area contributed by atoms with Crippen molar-refractivity contribution in [3.8, 4) is 0 Å². The molecule has 24 heavy (non-hydrogen) atoms. The lowest BCUT2D eigenvalue weighted by Crippen LogP contribution is -2.48. The zero-order valence-corrected chi connectivity index (χ0v) is 14.5. The van der Waals surface area contributed by atoms with E-state index < -0.39 is 10.0 Å². The Labute approximate surface area is 143 Å². The van der Waals surface area contributed by atoms with Crippen molar-refractivity contribution < 1.29 is 8.42 Å². The minimum absolute atomic E-state index is 0.0815. The highest BCUT2D eigenvalue weighted by atomic mass is 32.2. The van der Waals surface area contributed by atoms with E-state index in [1.807, 2.05) is 31.3 Å². The Hall–Kier alpha value is -1.76. The molecule has 6 heteroatoms. The van der Waals surface area contributed by atoms with Gasteiger partial charge in [0.05, 0.1) is 4.90 Å². The van der Waals surface area contributed by atoms with Gasteiger partial charge in [0.25, 0.3) is 0 Å². The highest BCUT2D eigenvalue weighted by molar-refractivity contribution is 7.89. The highest BCUT2D eigenvalue weighted by Crippen LogP contribution is 2.35. The Morgan fingerprint density at radius 3 is 2.54 bits per heavy atom. The van der Waals surface area contributed by atoms with Gasteiger partial charge in [-0.2, -0.15) is 4.31 Å². The fourth-order valence-electron chi connectivity index (χ4n) is 3.77. The van der Waals surface area contributed by atoms with Crippen molar-refractivity contribution in [2.75, 3.05) is 13.1 Å². The number of hydrogen-bond acceptors (Lipinski definition) is 4. The fraction of sp³-hybridized carbons (Fsp3) is 0.389. The number of aromatic nitrogens is 1. The van der Waals surface area contributed by atoms with Crippen LogP contribution in [0, 0.1) is 6.92 Å². The predicted octanol–water partition coefficient (Wildman–Crippen LogP) is 2.04. The molecule has 2 saturated heterocycles. The number of sulfonamides is 1. The van der Waals surface area contributed by atoms with Crippen molar-refractivity contribution in [2.45, 2.75) is 36.9 Å². The average molecular weight is 343 g/mol. The van der Waals surface area contributed by atoms with Crippen LogP contribution >= 0.6 is 0 Å². The molecule has 4 rings (SSSR count). The van der Waals surface area contributed by atoms with Crippen molar-refractivity contribution in [1.29, 1.82) is 0 Å². The molecule has 0 unspecified atom stereocenters. The summed E-state index contributed by atoms with van der Waals surface area (Å²) >= 11 is 0. The van der Waals surface area contributed by atoms with E-state index >= 15 is 0 Å². The lowest BCUT2D eigenvalue weighted by molar-refractivity contribution is 0.174. The summed E-state index contributed by atoms with van der Waals surface area (Å²) < 4.78 is 27.5. The van der Waals surface area contributed by atoms with Gasteiger partial charge in [0, 0.05) is 44.1 Å². The number of pyridine rings is 1. The summed E-state index contributed by atoms with van der Waals surface area (Å²) in [5.41, 5.74) is 2.25. The van der Waals surface area contributed by atoms with Crippen molar-refractivity contribution in [3.05, 3.63) is 59.9 Å². The second-order valence-corrected chi connectivity index (χ2v) is 8.61. The molecule has 0 amide bonds. The molecule has 5 nitrogen and oxygen atoms in total. The maximum absolute atomic E-state index is 12.9. The van der Waals surface area contributed by atoms with Crippen LogP contribution in [0.15, 0.2) is 53.7 Å². The van der Waals surface area contributed by atoms with Gasteiger partial charge in [0.15, 0.2) is 0 Å². The first-order valence-corrected chi connectivity index (χ1v) is 9.69. The Morgan fingerprint density at radius 1 is 1.12 bits per heavy atom. The van der Waals surface area contributed by atoms with Crippen LogP contribution in [-0.2, 0) is 16.6 Å². The molecule has 1 aromatic heterocycles. The summed E-state index contributed by atoms with van der Waals surface area (Å²) in [5.74, 6) is 0. The first-order chi connectivity index (χ1) is 11.5. The first kappa shape index (κ1) is 15.7. The Balaban J connectivity index is 1.49. The number of hydrogen-bond donors (Lipinski definition) is 0. The van der Waals surface area contributed by atoms with Crippen LogP contribution in [0.1, 0.15) is 17.5 Å². The Bertz CT molecular complexity index is 821. The van der Waals surface area contributed by atoms with Crippen LogP contribution in [-0.4, -0.2) is 47.8 Å². The third kappa shape index (κ3) is 2.75. The average Bonchev–Trinajstić information content (AvgIpc) is 3.17. The van der Waals surface area contributed by atoms with E-state index in [0.29, 0.717) is 17.5 Å². The number of aryl methyl sites for hydroxylation is 1. The summed E-state index contributed by atoms with van der Waals surface area (Å²) in [6.45, 7) is 4.18. The number of likely N-dealkylation sites (tertiary alicyclic amines) is 1. The molecule has 3 heterocycles. The Morgan fingerprint density at radius 2 is 1.92 bits per heavy atom. The quantitative estimate of drug-likeness (QED) is 0.852. The molecule has 1 aromatic carbocycles. The van der Waals surface area contributed by atoms with E-state index in [2.05, 4.69) is 16.0 Å². The van der Waals surface area contributed by atoms with Gasteiger partial charge in [-0.1, -0.05) is 23.8 Å². The number of nitrogens with zero attached hydrogens (tertiary/aromatic N) is 3. The van der Waals surface area contributed by atoms with Crippen molar-refractivity contribution in [1.82, 2.24) is 14.2 Å². The van der Waals surface area contributed by atoms with Crippen molar-refractivity contribution >= 4 is 10.0 Å². The van der Waals surface area contributed by atoms with E-state index in [-0.39, 0.29) is 6.04 Å². The molecule has 0 N–H and O–H groups in total. The molecular weight excluding hydrogens is 322 g/mol. The summed E-state index contributed by atoms with van der Waals surface area (Å²) in [6, 6.07) is 11.5. The van der Waals surface area contributed by atoms with Gasteiger partial charge >= 0.3 is 0 Å². The van der Waals surface area contributed by atoms with E-state index in [0.717, 1.165) is 25.1 Å². The highest BCUT2D eigenvalue weighted by Gasteiger charge is 2.48. The summed E-state index contributed by atoms with van der Waals surface area (Å²) in [5, 5.41) is 0. The molecule has 2 atom stereocenters. The molecule has 2 aliphatic heterocycles. The van der Waals surface area contributed by atoms with E-state index in [4.69, 9.17) is 0 Å². The molecule has 2 bridgehead atoms. The third-order valence-corrected chi connectivity index (χ3v) is 6.97. The summed E-state index contributed by atoms with van der Waals surface area (Å²) in [6.07, 6.45) is 4.58. The third-order valence-electron chi connectivity index (χ3n) is 5.04. The first-order valence-electron chi connectivity index (χ1n) is 8.25. The van der Waals surface area contributed by atoms with Gasteiger partial charge in [-0.15, -0.1) is 0 Å². The van der Waals surface area contributed by atoms with Crippen molar-refractivity contribution in [3.63, 3.8) is 0 Å². The molecule has 0 aliphatic carbocycles. The van der Waals surface area contributed by atoms with Crippen LogP contribution in [0.4, 0.5) is 0 Å². The molecule has 126 valence electrons. The van der Waals surface area contributed by atoms with Crippen LogP contribution in [0.3, 0.4) is 0 Å². The zero-order valence-electron chi connectivity index (χ0n) is 13.7. The SMILES string of the molecule is Cc1ccc(S(=O)(=O)N2C[C@H]3C[C@@H]2CN3Cc2cccnc2)cc1. The lowest BCUT2D eigenvalue weighted by atomic mass is 10.2. The number of rotatable bonds is 4. The second kappa shape index (κ2) is 5.95. The monoisotopic (exact) mass is 343 g/mol. The van der Waals surface area contributed by atoms with Gasteiger partial charge in [-0.3, -0.25) is 9.88 Å². The minimum Gasteiger partial charge on any atom is -0.293 e. The van der Waals surface area contributed by atoms with Gasteiger partial charge in [0.2, 0.25) is 10.0 Å². The van der Waals surface area contributed by atoms with Gasteiger partial charge in [-0.25, -0.2) is 8.42 Å². The summed E-state index contributed by atoms with van der Waals surface area (Å²) in [7, 11) is -3.39. The molecule has 0 saturated carbocycles. The largest absolute Gasteiger partial charge is 0.293 e. The summed E-state index contributed by atoms with van der Waals surface area (Å²) in [4.78, 5) is 6.94. The minimum atomic E-state index is -3.39.